The number of hydrogen-bond donors (Lipinski definition) is 1. The molecule has 0 unspecified atom stereocenters. The molecule has 136 valence electrons. The van der Waals surface area contributed by atoms with E-state index in [2.05, 4.69) is 5.32 Å². The molecule has 0 aromatic heterocycles. The Balaban J connectivity index is 1.56. The summed E-state index contributed by atoms with van der Waals surface area (Å²) < 4.78 is 22.6. The van der Waals surface area contributed by atoms with Crippen LogP contribution in [0.4, 0.5) is 4.79 Å². The van der Waals surface area contributed by atoms with Crippen molar-refractivity contribution in [3.8, 4) is 0 Å². The van der Waals surface area contributed by atoms with E-state index in [9.17, 15) is 22.8 Å². The van der Waals surface area contributed by atoms with Gasteiger partial charge < -0.3 is 5.32 Å². The lowest BCUT2D eigenvalue weighted by Crippen LogP contribution is -2.38. The van der Waals surface area contributed by atoms with E-state index in [0.29, 0.717) is 4.91 Å². The Morgan fingerprint density at radius 1 is 1.27 bits per heavy atom. The van der Waals surface area contributed by atoms with Crippen LogP contribution in [0.1, 0.15) is 12.0 Å². The van der Waals surface area contributed by atoms with Crippen molar-refractivity contribution in [2.45, 2.75) is 12.5 Å². The number of sulfone groups is 1. The third kappa shape index (κ3) is 4.41. The SMILES string of the molecule is O=C(CCN1C(=O)S/C(=C/c2ccccc2)C1=O)N[C@@H]1C=CS(=O)(=O)C1. The second-order valence-corrected chi connectivity index (χ2v) is 8.75. The van der Waals surface area contributed by atoms with Gasteiger partial charge in [-0.2, -0.15) is 0 Å². The van der Waals surface area contributed by atoms with Gasteiger partial charge in [-0.3, -0.25) is 19.3 Å². The lowest BCUT2D eigenvalue weighted by molar-refractivity contribution is -0.124. The van der Waals surface area contributed by atoms with Crippen molar-refractivity contribution < 1.29 is 22.8 Å². The molecule has 2 aliphatic rings. The maximum absolute atomic E-state index is 12.4. The molecule has 0 aliphatic carbocycles. The third-order valence-electron chi connectivity index (χ3n) is 3.81. The number of rotatable bonds is 5. The molecule has 0 bridgehead atoms. The molecule has 1 saturated heterocycles. The van der Waals surface area contributed by atoms with E-state index in [1.165, 1.54) is 6.08 Å². The van der Waals surface area contributed by atoms with Gasteiger partial charge in [0.2, 0.25) is 5.91 Å². The van der Waals surface area contributed by atoms with Crippen molar-refractivity contribution in [3.63, 3.8) is 0 Å². The highest BCUT2D eigenvalue weighted by atomic mass is 32.2. The van der Waals surface area contributed by atoms with E-state index in [1.54, 1.807) is 6.08 Å². The number of hydrogen-bond acceptors (Lipinski definition) is 6. The van der Waals surface area contributed by atoms with Gasteiger partial charge in [-0.1, -0.05) is 30.3 Å². The fourth-order valence-electron chi connectivity index (χ4n) is 2.55. The van der Waals surface area contributed by atoms with Gasteiger partial charge in [-0.25, -0.2) is 8.42 Å². The van der Waals surface area contributed by atoms with E-state index in [4.69, 9.17) is 0 Å². The summed E-state index contributed by atoms with van der Waals surface area (Å²) in [7, 11) is -3.25. The van der Waals surface area contributed by atoms with Crippen molar-refractivity contribution in [1.29, 1.82) is 0 Å². The Kier molecular flexibility index (Phi) is 5.28. The summed E-state index contributed by atoms with van der Waals surface area (Å²) in [5.74, 6) is -1.01. The molecule has 1 aromatic rings. The fraction of sp³-hybridized carbons (Fsp3) is 0.235. The van der Waals surface area contributed by atoms with Crippen LogP contribution in [0.2, 0.25) is 0 Å². The third-order valence-corrected chi connectivity index (χ3v) is 6.11. The number of carbonyl (C=O) groups excluding carboxylic acids is 3. The number of nitrogens with one attached hydrogen (secondary N) is 1. The molecule has 7 nitrogen and oxygen atoms in total. The first-order valence-electron chi connectivity index (χ1n) is 7.85. The first-order chi connectivity index (χ1) is 12.3. The van der Waals surface area contributed by atoms with Gasteiger partial charge >= 0.3 is 0 Å². The zero-order valence-corrected chi connectivity index (χ0v) is 15.3. The summed E-state index contributed by atoms with van der Waals surface area (Å²) in [6.07, 6.45) is 2.97. The number of nitrogens with zero attached hydrogens (tertiary/aromatic N) is 1. The summed E-state index contributed by atoms with van der Waals surface area (Å²) >= 11 is 0.837. The maximum atomic E-state index is 12.4. The van der Waals surface area contributed by atoms with Crippen LogP contribution in [0.3, 0.4) is 0 Å². The summed E-state index contributed by atoms with van der Waals surface area (Å²) in [6.45, 7) is -0.0498. The zero-order valence-electron chi connectivity index (χ0n) is 13.6. The van der Waals surface area contributed by atoms with Gasteiger partial charge in [0.15, 0.2) is 9.84 Å². The second-order valence-electron chi connectivity index (χ2n) is 5.83. The Morgan fingerprint density at radius 3 is 2.65 bits per heavy atom. The molecule has 0 saturated carbocycles. The summed E-state index contributed by atoms with van der Waals surface area (Å²) in [5, 5.41) is 3.21. The van der Waals surface area contributed by atoms with Crippen LogP contribution < -0.4 is 5.32 Å². The topological polar surface area (TPSA) is 101 Å². The van der Waals surface area contributed by atoms with Crippen molar-refractivity contribution >= 4 is 44.7 Å². The van der Waals surface area contributed by atoms with Gasteiger partial charge in [-0.05, 0) is 29.5 Å². The highest BCUT2D eigenvalue weighted by Crippen LogP contribution is 2.32. The average Bonchev–Trinajstić information content (AvgIpc) is 3.06. The van der Waals surface area contributed by atoms with Crippen molar-refractivity contribution in [3.05, 3.63) is 52.3 Å². The van der Waals surface area contributed by atoms with Gasteiger partial charge in [0.05, 0.1) is 16.7 Å². The Labute approximate surface area is 155 Å². The standard InChI is InChI=1S/C17H16N2O5S2/c20-15(18-13-7-9-26(23,24)11-13)6-8-19-16(21)14(25-17(19)22)10-12-4-2-1-3-5-12/h1-5,7,9-10,13H,6,8,11H2,(H,18,20)/b14-10+/t13-/m1/s1. The summed E-state index contributed by atoms with van der Waals surface area (Å²) in [4.78, 5) is 37.7. The molecule has 1 atom stereocenters. The molecular weight excluding hydrogens is 376 g/mol. The lowest BCUT2D eigenvalue weighted by atomic mass is 10.2. The van der Waals surface area contributed by atoms with E-state index >= 15 is 0 Å². The highest BCUT2D eigenvalue weighted by molar-refractivity contribution is 8.18. The molecule has 0 radical (unpaired) electrons. The molecule has 26 heavy (non-hydrogen) atoms. The van der Waals surface area contributed by atoms with Crippen molar-refractivity contribution in [2.75, 3.05) is 12.3 Å². The molecular formula is C17H16N2O5S2. The van der Waals surface area contributed by atoms with E-state index in [1.807, 2.05) is 30.3 Å². The Morgan fingerprint density at radius 2 is 2.00 bits per heavy atom. The normalized spacial score (nSPS) is 23.0. The molecule has 1 N–H and O–H groups in total. The first kappa shape index (κ1) is 18.4. The van der Waals surface area contributed by atoms with Crippen LogP contribution in [0, 0.1) is 0 Å². The number of amides is 3. The summed E-state index contributed by atoms with van der Waals surface area (Å²) in [6, 6.07) is 8.60. The Hall–Kier alpha value is -2.39. The van der Waals surface area contributed by atoms with Gasteiger partial charge in [-0.15, -0.1) is 0 Å². The van der Waals surface area contributed by atoms with Gasteiger partial charge in [0, 0.05) is 18.4 Å². The van der Waals surface area contributed by atoms with Crippen LogP contribution in [-0.2, 0) is 19.4 Å². The quantitative estimate of drug-likeness (QED) is 0.763. The van der Waals surface area contributed by atoms with Gasteiger partial charge in [0.1, 0.15) is 0 Å². The van der Waals surface area contributed by atoms with Crippen molar-refractivity contribution in [2.24, 2.45) is 0 Å². The number of benzene rings is 1. The number of imide groups is 1. The minimum absolute atomic E-state index is 0.0498. The van der Waals surface area contributed by atoms with Crippen LogP contribution >= 0.6 is 11.8 Å². The van der Waals surface area contributed by atoms with Crippen molar-refractivity contribution in [1.82, 2.24) is 10.2 Å². The Bertz CT molecular complexity index is 906. The average molecular weight is 392 g/mol. The minimum Gasteiger partial charge on any atom is -0.349 e. The lowest BCUT2D eigenvalue weighted by Gasteiger charge is -2.14. The molecule has 3 amide bonds. The fourth-order valence-corrected chi connectivity index (χ4v) is 4.65. The molecule has 3 rings (SSSR count). The van der Waals surface area contributed by atoms with E-state index < -0.39 is 32.9 Å². The summed E-state index contributed by atoms with van der Waals surface area (Å²) in [5.41, 5.74) is 0.810. The monoisotopic (exact) mass is 392 g/mol. The van der Waals surface area contributed by atoms with Crippen LogP contribution in [0.15, 0.2) is 46.7 Å². The first-order valence-corrected chi connectivity index (χ1v) is 10.4. The number of thioether (sulfide) groups is 1. The second kappa shape index (κ2) is 7.46. The maximum Gasteiger partial charge on any atom is 0.293 e. The minimum atomic E-state index is -3.25. The molecule has 0 spiro atoms. The molecule has 1 aromatic carbocycles. The molecule has 9 heteroatoms. The van der Waals surface area contributed by atoms with E-state index in [-0.39, 0.29) is 18.7 Å². The predicted octanol–water partition coefficient (Wildman–Crippen LogP) is 1.54. The smallest absolute Gasteiger partial charge is 0.293 e. The van der Waals surface area contributed by atoms with Crippen LogP contribution in [-0.4, -0.2) is 48.7 Å². The zero-order chi connectivity index (χ0) is 18.7. The molecule has 2 heterocycles. The number of carbonyl (C=O) groups is 3. The van der Waals surface area contributed by atoms with E-state index in [0.717, 1.165) is 27.6 Å². The van der Waals surface area contributed by atoms with Crippen LogP contribution in [0.25, 0.3) is 6.08 Å². The highest BCUT2D eigenvalue weighted by Gasteiger charge is 2.35. The van der Waals surface area contributed by atoms with Crippen LogP contribution in [0.5, 0.6) is 0 Å². The van der Waals surface area contributed by atoms with Gasteiger partial charge in [0.25, 0.3) is 11.1 Å². The largest absolute Gasteiger partial charge is 0.349 e. The predicted molar refractivity (Wildman–Crippen MR) is 98.6 cm³/mol. The molecule has 1 fully saturated rings. The molecule has 2 aliphatic heterocycles.